The fourth-order valence-electron chi connectivity index (χ4n) is 2.80. The number of aryl methyl sites for hydroxylation is 2. The van der Waals surface area contributed by atoms with Crippen LogP contribution in [-0.4, -0.2) is 15.3 Å². The molecule has 2 heterocycles. The summed E-state index contributed by atoms with van der Waals surface area (Å²) < 4.78 is 1.85. The zero-order chi connectivity index (χ0) is 14.1. The monoisotopic (exact) mass is 308 g/mol. The summed E-state index contributed by atoms with van der Waals surface area (Å²) in [7, 11) is 0. The largest absolute Gasteiger partial charge is 0.287 e. The van der Waals surface area contributed by atoms with Crippen LogP contribution in [0, 0.1) is 0 Å². The number of rotatable bonds is 4. The maximum Gasteiger partial charge on any atom is 0.263 e. The average Bonchev–Trinajstić information content (AvgIpc) is 2.83. The van der Waals surface area contributed by atoms with Gasteiger partial charge < -0.3 is 0 Å². The smallest absolute Gasteiger partial charge is 0.263 e. The van der Waals surface area contributed by atoms with Crippen LogP contribution in [0.1, 0.15) is 43.6 Å². The molecule has 2 aromatic heterocycles. The summed E-state index contributed by atoms with van der Waals surface area (Å²) in [5.74, 6) is 1.02. The van der Waals surface area contributed by atoms with E-state index in [9.17, 15) is 4.79 Å². The van der Waals surface area contributed by atoms with Crippen LogP contribution in [0.25, 0.3) is 10.2 Å². The van der Waals surface area contributed by atoms with E-state index in [1.54, 1.807) is 23.1 Å². The lowest BCUT2D eigenvalue weighted by Crippen LogP contribution is -2.23. The van der Waals surface area contributed by atoms with E-state index >= 15 is 0 Å². The van der Waals surface area contributed by atoms with Crippen molar-refractivity contribution >= 4 is 33.3 Å². The van der Waals surface area contributed by atoms with Crippen LogP contribution >= 0.6 is 23.1 Å². The van der Waals surface area contributed by atoms with E-state index in [1.165, 1.54) is 23.3 Å². The zero-order valence-electron chi connectivity index (χ0n) is 12.1. The van der Waals surface area contributed by atoms with Gasteiger partial charge >= 0.3 is 0 Å². The van der Waals surface area contributed by atoms with Gasteiger partial charge in [-0.25, -0.2) is 4.98 Å². The number of thioether (sulfide) groups is 1. The van der Waals surface area contributed by atoms with Gasteiger partial charge in [0.25, 0.3) is 5.56 Å². The van der Waals surface area contributed by atoms with E-state index in [1.807, 2.05) is 11.5 Å². The Balaban J connectivity index is 2.21. The highest BCUT2D eigenvalue weighted by molar-refractivity contribution is 7.99. The molecule has 0 spiro atoms. The second-order valence-electron chi connectivity index (χ2n) is 5.18. The molecule has 0 saturated heterocycles. The van der Waals surface area contributed by atoms with Gasteiger partial charge in [0.1, 0.15) is 4.83 Å². The molecule has 0 radical (unpaired) electrons. The molecule has 5 heteroatoms. The molecule has 0 fully saturated rings. The van der Waals surface area contributed by atoms with Gasteiger partial charge in [-0.05, 0) is 44.6 Å². The standard InChI is InChI=1S/C15H20N2OS2/c1-3-9-19-15-16-13-12(14(18)17(15)4-2)10-7-5-6-8-11(10)20-13/h3-9H2,1-2H3. The molecule has 0 aliphatic heterocycles. The van der Waals surface area contributed by atoms with Gasteiger partial charge in [0, 0.05) is 17.2 Å². The highest BCUT2D eigenvalue weighted by Crippen LogP contribution is 2.34. The molecule has 0 unspecified atom stereocenters. The Kier molecular flexibility index (Phi) is 4.17. The number of hydrogen-bond acceptors (Lipinski definition) is 4. The predicted octanol–water partition coefficient (Wildman–Crippen LogP) is 3.86. The van der Waals surface area contributed by atoms with Crippen LogP contribution in [0.2, 0.25) is 0 Å². The van der Waals surface area contributed by atoms with Crippen LogP contribution in [0.5, 0.6) is 0 Å². The molecule has 0 N–H and O–H groups in total. The van der Waals surface area contributed by atoms with Crippen LogP contribution < -0.4 is 5.56 Å². The number of fused-ring (bicyclic) bond motifs is 3. The van der Waals surface area contributed by atoms with E-state index in [4.69, 9.17) is 4.98 Å². The van der Waals surface area contributed by atoms with Gasteiger partial charge in [-0.1, -0.05) is 18.7 Å². The molecule has 3 nitrogen and oxygen atoms in total. The summed E-state index contributed by atoms with van der Waals surface area (Å²) in [5, 5.41) is 1.80. The Bertz CT molecular complexity index is 687. The molecule has 1 aliphatic carbocycles. The van der Waals surface area contributed by atoms with Crippen LogP contribution in [-0.2, 0) is 19.4 Å². The summed E-state index contributed by atoms with van der Waals surface area (Å²) in [6.07, 6.45) is 5.73. The summed E-state index contributed by atoms with van der Waals surface area (Å²) in [6.45, 7) is 4.89. The Morgan fingerprint density at radius 2 is 2.10 bits per heavy atom. The topological polar surface area (TPSA) is 34.9 Å². The predicted molar refractivity (Wildman–Crippen MR) is 87.2 cm³/mol. The van der Waals surface area contributed by atoms with E-state index in [2.05, 4.69) is 6.92 Å². The van der Waals surface area contributed by atoms with Gasteiger partial charge in [-0.15, -0.1) is 11.3 Å². The molecule has 0 atom stereocenters. The minimum atomic E-state index is 0.176. The summed E-state index contributed by atoms with van der Waals surface area (Å²) >= 11 is 3.45. The number of hydrogen-bond donors (Lipinski definition) is 0. The Hall–Kier alpha value is -0.810. The lowest BCUT2D eigenvalue weighted by Gasteiger charge is -2.11. The van der Waals surface area contributed by atoms with E-state index < -0.39 is 0 Å². The van der Waals surface area contributed by atoms with Crippen LogP contribution in [0.4, 0.5) is 0 Å². The lowest BCUT2D eigenvalue weighted by molar-refractivity contribution is 0.633. The van der Waals surface area contributed by atoms with E-state index in [0.29, 0.717) is 6.54 Å². The molecule has 2 aromatic rings. The van der Waals surface area contributed by atoms with Crippen molar-refractivity contribution in [3.05, 3.63) is 20.8 Å². The molecule has 0 bridgehead atoms. The fraction of sp³-hybridized carbons (Fsp3) is 0.600. The van der Waals surface area contributed by atoms with Crippen molar-refractivity contribution in [2.45, 2.75) is 57.7 Å². The van der Waals surface area contributed by atoms with Crippen molar-refractivity contribution in [2.24, 2.45) is 0 Å². The highest BCUT2D eigenvalue weighted by atomic mass is 32.2. The maximum absolute atomic E-state index is 12.8. The summed E-state index contributed by atoms with van der Waals surface area (Å²) in [5.41, 5.74) is 1.47. The van der Waals surface area contributed by atoms with Crippen molar-refractivity contribution in [2.75, 3.05) is 5.75 Å². The summed E-state index contributed by atoms with van der Waals surface area (Å²) in [4.78, 5) is 19.9. The first-order valence-electron chi connectivity index (χ1n) is 7.44. The van der Waals surface area contributed by atoms with Crippen molar-refractivity contribution in [3.8, 4) is 0 Å². The number of aromatic nitrogens is 2. The SMILES string of the molecule is CCCSc1nc2sc3c(c2c(=O)n1CC)CCCC3. The quantitative estimate of drug-likeness (QED) is 0.635. The molecule has 0 amide bonds. The normalized spacial score (nSPS) is 14.7. The maximum atomic E-state index is 12.8. The highest BCUT2D eigenvalue weighted by Gasteiger charge is 2.21. The number of thiophene rings is 1. The van der Waals surface area contributed by atoms with Crippen molar-refractivity contribution < 1.29 is 0 Å². The van der Waals surface area contributed by atoms with Gasteiger partial charge in [0.2, 0.25) is 0 Å². The third-order valence-electron chi connectivity index (χ3n) is 3.79. The minimum Gasteiger partial charge on any atom is -0.287 e. The molecule has 0 aromatic carbocycles. The van der Waals surface area contributed by atoms with Crippen LogP contribution in [0.3, 0.4) is 0 Å². The molecule has 0 saturated carbocycles. The van der Waals surface area contributed by atoms with E-state index in [0.717, 1.165) is 40.4 Å². The first kappa shape index (κ1) is 14.1. The molecule has 20 heavy (non-hydrogen) atoms. The molecular formula is C15H20N2OS2. The lowest BCUT2D eigenvalue weighted by atomic mass is 9.97. The summed E-state index contributed by atoms with van der Waals surface area (Å²) in [6, 6.07) is 0. The van der Waals surface area contributed by atoms with Gasteiger partial charge in [0.05, 0.1) is 5.39 Å². The second kappa shape index (κ2) is 5.90. The van der Waals surface area contributed by atoms with Crippen molar-refractivity contribution in [3.63, 3.8) is 0 Å². The molecule has 1 aliphatic rings. The number of nitrogens with zero attached hydrogens (tertiary/aromatic N) is 2. The first-order chi connectivity index (χ1) is 9.76. The Labute approximate surface area is 127 Å². The van der Waals surface area contributed by atoms with Gasteiger partial charge in [-0.3, -0.25) is 9.36 Å². The Morgan fingerprint density at radius 1 is 1.30 bits per heavy atom. The third kappa shape index (κ3) is 2.31. The average molecular weight is 308 g/mol. The van der Waals surface area contributed by atoms with Gasteiger partial charge in [0.15, 0.2) is 5.16 Å². The van der Waals surface area contributed by atoms with E-state index in [-0.39, 0.29) is 5.56 Å². The zero-order valence-corrected chi connectivity index (χ0v) is 13.7. The first-order valence-corrected chi connectivity index (χ1v) is 9.24. The van der Waals surface area contributed by atoms with Crippen molar-refractivity contribution in [1.29, 1.82) is 0 Å². The minimum absolute atomic E-state index is 0.176. The molecular weight excluding hydrogens is 288 g/mol. The molecule has 3 rings (SSSR count). The van der Waals surface area contributed by atoms with Crippen molar-refractivity contribution in [1.82, 2.24) is 9.55 Å². The third-order valence-corrected chi connectivity index (χ3v) is 6.16. The van der Waals surface area contributed by atoms with Gasteiger partial charge in [-0.2, -0.15) is 0 Å². The molecule has 108 valence electrons. The second-order valence-corrected chi connectivity index (χ2v) is 7.33. The van der Waals surface area contributed by atoms with Crippen LogP contribution in [0.15, 0.2) is 9.95 Å². The fourth-order valence-corrected chi connectivity index (χ4v) is 5.02. The Morgan fingerprint density at radius 3 is 2.85 bits per heavy atom.